The number of fused-ring (bicyclic) bond motifs is 2. The predicted octanol–water partition coefficient (Wildman–Crippen LogP) is 2.38. The van der Waals surface area contributed by atoms with E-state index in [0.29, 0.717) is 33.6 Å². The van der Waals surface area contributed by atoms with Gasteiger partial charge in [-0.3, -0.25) is 14.2 Å². The van der Waals surface area contributed by atoms with Gasteiger partial charge in [0.25, 0.3) is 11.5 Å². The minimum absolute atomic E-state index is 0.131. The minimum Gasteiger partial charge on any atom is -0.451 e. The van der Waals surface area contributed by atoms with Crippen LogP contribution in [-0.4, -0.2) is 28.0 Å². The Bertz CT molecular complexity index is 1230. The zero-order chi connectivity index (χ0) is 20.5. The van der Waals surface area contributed by atoms with Gasteiger partial charge in [0.1, 0.15) is 15.5 Å². The fraction of sp³-hybridized carbons (Fsp3) is 0.250. The maximum Gasteiger partial charge on any atom is 0.349 e. The van der Waals surface area contributed by atoms with Crippen LogP contribution in [0, 0.1) is 18.3 Å². The molecule has 0 fully saturated rings. The molecule has 0 spiro atoms. The number of nitrogens with zero attached hydrogens (tertiary/aromatic N) is 3. The number of aromatic nitrogens is 2. The molecule has 146 valence electrons. The fourth-order valence-electron chi connectivity index (χ4n) is 3.29. The molecule has 0 unspecified atom stereocenters. The summed E-state index contributed by atoms with van der Waals surface area (Å²) >= 11 is 1.11. The van der Waals surface area contributed by atoms with Crippen LogP contribution >= 0.6 is 11.3 Å². The molecule has 3 heterocycles. The largest absolute Gasteiger partial charge is 0.451 e. The fourth-order valence-corrected chi connectivity index (χ4v) is 4.38. The Kier molecular flexibility index (Phi) is 4.86. The number of carbonyl (C=O) groups excluding carboxylic acids is 2. The molecule has 0 radical (unpaired) electrons. The van der Waals surface area contributed by atoms with Crippen LogP contribution in [-0.2, 0) is 22.5 Å². The van der Waals surface area contributed by atoms with E-state index < -0.39 is 18.5 Å². The summed E-state index contributed by atoms with van der Waals surface area (Å²) in [6.07, 6.45) is 1.64. The Morgan fingerprint density at radius 3 is 2.83 bits per heavy atom. The zero-order valence-electron chi connectivity index (χ0n) is 15.5. The molecular formula is C20H16N4O4S. The van der Waals surface area contributed by atoms with Crippen LogP contribution < -0.4 is 10.9 Å². The Balaban J connectivity index is 1.47. The van der Waals surface area contributed by atoms with E-state index >= 15 is 0 Å². The average Bonchev–Trinajstić information content (AvgIpc) is 3.32. The van der Waals surface area contributed by atoms with Gasteiger partial charge in [-0.2, -0.15) is 5.26 Å². The molecule has 0 aliphatic carbocycles. The molecule has 1 aliphatic rings. The number of rotatable bonds is 4. The molecule has 9 heteroatoms. The number of benzene rings is 1. The van der Waals surface area contributed by atoms with Crippen molar-refractivity contribution in [2.75, 3.05) is 11.9 Å². The third-order valence-corrected chi connectivity index (χ3v) is 5.89. The molecule has 0 atom stereocenters. The van der Waals surface area contributed by atoms with Crippen molar-refractivity contribution >= 4 is 39.1 Å². The number of thiophene rings is 1. The first-order chi connectivity index (χ1) is 14.0. The van der Waals surface area contributed by atoms with Crippen LogP contribution in [0.25, 0.3) is 10.2 Å². The van der Waals surface area contributed by atoms with Gasteiger partial charge in [-0.1, -0.05) is 0 Å². The second kappa shape index (κ2) is 7.48. The molecule has 1 aromatic carbocycles. The number of ether oxygens (including phenoxy) is 1. The summed E-state index contributed by atoms with van der Waals surface area (Å²) in [6.45, 7) is 1.87. The van der Waals surface area contributed by atoms with E-state index in [0.717, 1.165) is 30.0 Å². The van der Waals surface area contributed by atoms with Gasteiger partial charge in [0, 0.05) is 18.7 Å². The Labute approximate surface area is 169 Å². The van der Waals surface area contributed by atoms with Crippen molar-refractivity contribution in [3.63, 3.8) is 0 Å². The van der Waals surface area contributed by atoms with E-state index in [-0.39, 0.29) is 10.4 Å². The molecule has 29 heavy (non-hydrogen) atoms. The highest BCUT2D eigenvalue weighted by Gasteiger charge is 2.24. The number of aryl methyl sites for hydroxylation is 2. The van der Waals surface area contributed by atoms with E-state index in [2.05, 4.69) is 10.3 Å². The third kappa shape index (κ3) is 3.50. The molecular weight excluding hydrogens is 392 g/mol. The first-order valence-electron chi connectivity index (χ1n) is 8.98. The lowest BCUT2D eigenvalue weighted by molar-refractivity contribution is -0.119. The first-order valence-corrected chi connectivity index (χ1v) is 9.79. The molecule has 3 aromatic rings. The average molecular weight is 408 g/mol. The van der Waals surface area contributed by atoms with Crippen molar-refractivity contribution < 1.29 is 14.3 Å². The quantitative estimate of drug-likeness (QED) is 0.663. The molecule has 4 rings (SSSR count). The third-order valence-electron chi connectivity index (χ3n) is 4.73. The standard InChI is InChI=1S/C20H16N4O4S/c1-11-16-18(23-14-3-2-8-24(14)19(16)26)29-17(11)20(27)28-10-15(25)22-13-6-4-12(9-21)5-7-13/h4-7H,2-3,8,10H2,1H3,(H,22,25). The number of hydrogen-bond acceptors (Lipinski definition) is 7. The van der Waals surface area contributed by atoms with Gasteiger partial charge in [-0.15, -0.1) is 11.3 Å². The normalized spacial score (nSPS) is 12.4. The second-order valence-corrected chi connectivity index (χ2v) is 7.64. The number of nitriles is 1. The molecule has 1 N–H and O–H groups in total. The maximum atomic E-state index is 12.7. The zero-order valence-corrected chi connectivity index (χ0v) is 16.3. The molecule has 2 aromatic heterocycles. The number of carbonyl (C=O) groups is 2. The maximum absolute atomic E-state index is 12.7. The van der Waals surface area contributed by atoms with Crippen molar-refractivity contribution in [2.45, 2.75) is 26.3 Å². The number of nitrogens with one attached hydrogen (secondary N) is 1. The van der Waals surface area contributed by atoms with E-state index in [1.807, 2.05) is 6.07 Å². The van der Waals surface area contributed by atoms with Gasteiger partial charge >= 0.3 is 5.97 Å². The summed E-state index contributed by atoms with van der Waals surface area (Å²) in [7, 11) is 0. The Hall–Kier alpha value is -3.51. The number of anilines is 1. The highest BCUT2D eigenvalue weighted by molar-refractivity contribution is 7.20. The van der Waals surface area contributed by atoms with Crippen molar-refractivity contribution in [3.8, 4) is 6.07 Å². The van der Waals surface area contributed by atoms with E-state index in [1.165, 1.54) is 0 Å². The predicted molar refractivity (Wildman–Crippen MR) is 107 cm³/mol. The van der Waals surface area contributed by atoms with Gasteiger partial charge in [0.2, 0.25) is 0 Å². The molecule has 1 aliphatic heterocycles. The Morgan fingerprint density at radius 2 is 2.10 bits per heavy atom. The summed E-state index contributed by atoms with van der Waals surface area (Å²) < 4.78 is 6.78. The molecule has 8 nitrogen and oxygen atoms in total. The van der Waals surface area contributed by atoms with Gasteiger partial charge in [0.15, 0.2) is 6.61 Å². The smallest absolute Gasteiger partial charge is 0.349 e. The summed E-state index contributed by atoms with van der Waals surface area (Å²) in [4.78, 5) is 42.5. The highest BCUT2D eigenvalue weighted by atomic mass is 32.1. The summed E-state index contributed by atoms with van der Waals surface area (Å²) in [5, 5.41) is 11.8. The van der Waals surface area contributed by atoms with Crippen molar-refractivity contribution in [1.82, 2.24) is 9.55 Å². The van der Waals surface area contributed by atoms with E-state index in [1.54, 1.807) is 35.8 Å². The van der Waals surface area contributed by atoms with Crippen molar-refractivity contribution in [2.24, 2.45) is 0 Å². The molecule has 0 saturated heterocycles. The van der Waals surface area contributed by atoms with Gasteiger partial charge < -0.3 is 10.1 Å². The van der Waals surface area contributed by atoms with Crippen LogP contribution in [0.15, 0.2) is 29.1 Å². The van der Waals surface area contributed by atoms with Gasteiger partial charge in [0.05, 0.1) is 17.0 Å². The number of hydrogen-bond donors (Lipinski definition) is 1. The lowest BCUT2D eigenvalue weighted by Crippen LogP contribution is -2.21. The summed E-state index contributed by atoms with van der Waals surface area (Å²) in [6, 6.07) is 8.32. The monoisotopic (exact) mass is 408 g/mol. The summed E-state index contributed by atoms with van der Waals surface area (Å²) in [5.41, 5.74) is 1.37. The van der Waals surface area contributed by atoms with Crippen LogP contribution in [0.1, 0.15) is 33.0 Å². The number of esters is 1. The topological polar surface area (TPSA) is 114 Å². The lowest BCUT2D eigenvalue weighted by Gasteiger charge is -2.06. The van der Waals surface area contributed by atoms with Gasteiger partial charge in [-0.05, 0) is 43.2 Å². The van der Waals surface area contributed by atoms with Crippen LogP contribution in [0.4, 0.5) is 5.69 Å². The van der Waals surface area contributed by atoms with E-state index in [4.69, 9.17) is 10.00 Å². The van der Waals surface area contributed by atoms with Crippen molar-refractivity contribution in [1.29, 1.82) is 5.26 Å². The van der Waals surface area contributed by atoms with E-state index in [9.17, 15) is 14.4 Å². The van der Waals surface area contributed by atoms with Crippen LogP contribution in [0.3, 0.4) is 0 Å². The van der Waals surface area contributed by atoms with Crippen LogP contribution in [0.2, 0.25) is 0 Å². The number of amides is 1. The first kappa shape index (κ1) is 18.8. The summed E-state index contributed by atoms with van der Waals surface area (Å²) in [5.74, 6) is -0.422. The van der Waals surface area contributed by atoms with Gasteiger partial charge in [-0.25, -0.2) is 9.78 Å². The highest BCUT2D eigenvalue weighted by Crippen LogP contribution is 2.29. The lowest BCUT2D eigenvalue weighted by atomic mass is 10.2. The van der Waals surface area contributed by atoms with Crippen molar-refractivity contribution in [3.05, 3.63) is 56.4 Å². The Morgan fingerprint density at radius 1 is 1.34 bits per heavy atom. The molecule has 1 amide bonds. The second-order valence-electron chi connectivity index (χ2n) is 6.64. The SMILES string of the molecule is Cc1c(C(=O)OCC(=O)Nc2ccc(C#N)cc2)sc2nc3n(c(=O)c12)CCC3. The molecule has 0 bridgehead atoms. The molecule has 0 saturated carbocycles. The van der Waals surface area contributed by atoms with Crippen LogP contribution in [0.5, 0.6) is 0 Å². The minimum atomic E-state index is -0.662.